The van der Waals surface area contributed by atoms with Crippen molar-refractivity contribution in [1.82, 2.24) is 10.6 Å². The Bertz CT molecular complexity index is 719. The maximum atomic E-state index is 12.7. The van der Waals surface area contributed by atoms with Crippen molar-refractivity contribution in [2.75, 3.05) is 54.0 Å². The molecule has 0 bridgehead atoms. The first-order valence-electron chi connectivity index (χ1n) is 15.0. The molecular weight excluding hydrogens is 645 g/mol. The molecule has 0 saturated carbocycles. The second-order valence-corrected chi connectivity index (χ2v) is 10.9. The number of nitrogens with zero attached hydrogens (tertiary/aromatic N) is 1. The summed E-state index contributed by atoms with van der Waals surface area (Å²) >= 11 is 0. The van der Waals surface area contributed by atoms with Crippen LogP contribution < -0.4 is 34.6 Å². The van der Waals surface area contributed by atoms with Gasteiger partial charge in [0.15, 0.2) is 6.10 Å². The number of quaternary nitrogens is 1. The van der Waals surface area contributed by atoms with Gasteiger partial charge in [0.05, 0.1) is 34.4 Å². The smallest absolute Gasteiger partial charge is 0.407 e. The fourth-order valence-electron chi connectivity index (χ4n) is 4.06. The van der Waals surface area contributed by atoms with Gasteiger partial charge in [-0.3, -0.25) is 9.59 Å². The molecule has 0 aliphatic carbocycles. The van der Waals surface area contributed by atoms with Crippen molar-refractivity contribution in [3.63, 3.8) is 0 Å². The first-order chi connectivity index (χ1) is 19.0. The standard InChI is InChI=1S/C29H55N3O8.HI/c1-7-10-11-12-13-14-15-18-24(39-28(35)30-21-16-19-26(33)37-8-2)25(23-32(4,5)6)40-29(36)31-22-17-20-27(34)38-9-3;/h24-25H,7-23H2,1-6H3,(H-,30,31,35,36);1H. The predicted molar refractivity (Wildman–Crippen MR) is 154 cm³/mol. The Hall–Kier alpha value is -1.83. The summed E-state index contributed by atoms with van der Waals surface area (Å²) in [6.45, 7) is 7.29. The van der Waals surface area contributed by atoms with Crippen LogP contribution in [0.2, 0.25) is 0 Å². The van der Waals surface area contributed by atoms with Crippen molar-refractivity contribution in [3.8, 4) is 0 Å². The van der Waals surface area contributed by atoms with Gasteiger partial charge in [0, 0.05) is 25.9 Å². The van der Waals surface area contributed by atoms with Gasteiger partial charge in [-0.25, -0.2) is 9.59 Å². The summed E-state index contributed by atoms with van der Waals surface area (Å²) in [5, 5.41) is 5.38. The minimum atomic E-state index is -0.671. The first-order valence-corrected chi connectivity index (χ1v) is 15.0. The molecule has 2 amide bonds. The van der Waals surface area contributed by atoms with Crippen molar-refractivity contribution in [2.45, 2.75) is 110 Å². The van der Waals surface area contributed by atoms with Crippen LogP contribution >= 0.6 is 0 Å². The average molecular weight is 702 g/mol. The van der Waals surface area contributed by atoms with Gasteiger partial charge in [0.1, 0.15) is 12.6 Å². The van der Waals surface area contributed by atoms with Crippen LogP contribution in [0.4, 0.5) is 9.59 Å². The van der Waals surface area contributed by atoms with Gasteiger partial charge in [-0.2, -0.15) is 0 Å². The van der Waals surface area contributed by atoms with E-state index in [0.29, 0.717) is 43.5 Å². The Labute approximate surface area is 264 Å². The maximum absolute atomic E-state index is 12.7. The zero-order valence-electron chi connectivity index (χ0n) is 26.3. The Morgan fingerprint density at radius 3 is 1.51 bits per heavy atom. The Balaban J connectivity index is 0. The number of alkyl carbamates (subject to hydrolysis) is 2. The Morgan fingerprint density at radius 2 is 1.07 bits per heavy atom. The van der Waals surface area contributed by atoms with E-state index < -0.39 is 24.4 Å². The number of hydrogen-bond donors (Lipinski definition) is 2. The van der Waals surface area contributed by atoms with Crippen molar-refractivity contribution in [1.29, 1.82) is 0 Å². The zero-order valence-corrected chi connectivity index (χ0v) is 28.4. The molecule has 41 heavy (non-hydrogen) atoms. The Morgan fingerprint density at radius 1 is 0.634 bits per heavy atom. The van der Waals surface area contributed by atoms with Gasteiger partial charge in [-0.15, -0.1) is 0 Å². The molecule has 0 aromatic carbocycles. The summed E-state index contributed by atoms with van der Waals surface area (Å²) in [5.74, 6) is -0.615. The zero-order chi connectivity index (χ0) is 30.2. The molecule has 0 aromatic rings. The highest BCUT2D eigenvalue weighted by Gasteiger charge is 2.33. The second kappa shape index (κ2) is 25.8. The fraction of sp³-hybridized carbons (Fsp3) is 0.862. The third-order valence-corrected chi connectivity index (χ3v) is 6.02. The minimum absolute atomic E-state index is 0. The lowest BCUT2D eigenvalue weighted by molar-refractivity contribution is -0.873. The molecule has 0 aromatic heterocycles. The van der Waals surface area contributed by atoms with E-state index in [1.54, 1.807) is 13.8 Å². The highest BCUT2D eigenvalue weighted by Crippen LogP contribution is 2.18. The van der Waals surface area contributed by atoms with Crippen LogP contribution in [0.25, 0.3) is 0 Å². The van der Waals surface area contributed by atoms with E-state index in [2.05, 4.69) is 17.6 Å². The summed E-state index contributed by atoms with van der Waals surface area (Å²) in [4.78, 5) is 48.4. The molecule has 0 aliphatic rings. The number of amides is 2. The van der Waals surface area contributed by atoms with Gasteiger partial charge >= 0.3 is 24.1 Å². The van der Waals surface area contributed by atoms with Crippen molar-refractivity contribution in [2.24, 2.45) is 0 Å². The molecule has 2 N–H and O–H groups in total. The average Bonchev–Trinajstić information content (AvgIpc) is 2.87. The molecule has 12 heteroatoms. The minimum Gasteiger partial charge on any atom is -1.00 e. The van der Waals surface area contributed by atoms with Crippen LogP contribution in [0.15, 0.2) is 0 Å². The molecule has 0 radical (unpaired) electrons. The Kier molecular flexibility index (Phi) is 26.0. The van der Waals surface area contributed by atoms with E-state index >= 15 is 0 Å². The normalized spacial score (nSPS) is 12.3. The third kappa shape index (κ3) is 25.6. The van der Waals surface area contributed by atoms with Gasteiger partial charge in [-0.1, -0.05) is 45.4 Å². The first kappa shape index (κ1) is 41.3. The van der Waals surface area contributed by atoms with E-state index in [1.807, 2.05) is 21.1 Å². The topological polar surface area (TPSA) is 129 Å². The number of esters is 2. The van der Waals surface area contributed by atoms with Gasteiger partial charge in [0.25, 0.3) is 0 Å². The van der Waals surface area contributed by atoms with E-state index in [-0.39, 0.29) is 61.8 Å². The van der Waals surface area contributed by atoms with Crippen LogP contribution in [-0.4, -0.2) is 94.8 Å². The molecule has 0 saturated heterocycles. The van der Waals surface area contributed by atoms with Gasteiger partial charge in [0.2, 0.25) is 0 Å². The lowest BCUT2D eigenvalue weighted by Gasteiger charge is -2.33. The number of nitrogens with one attached hydrogen (secondary N) is 2. The molecule has 0 aliphatic heterocycles. The van der Waals surface area contributed by atoms with Crippen LogP contribution in [-0.2, 0) is 28.5 Å². The maximum Gasteiger partial charge on any atom is 0.407 e. The molecule has 0 spiro atoms. The molecule has 2 unspecified atom stereocenters. The van der Waals surface area contributed by atoms with Gasteiger partial charge in [-0.05, 0) is 39.5 Å². The number of ether oxygens (including phenoxy) is 4. The fourth-order valence-corrected chi connectivity index (χ4v) is 4.06. The van der Waals surface area contributed by atoms with E-state index in [9.17, 15) is 19.2 Å². The number of unbranched alkanes of at least 4 members (excludes halogenated alkanes) is 6. The van der Waals surface area contributed by atoms with Crippen LogP contribution in [0.3, 0.4) is 0 Å². The van der Waals surface area contributed by atoms with E-state index in [4.69, 9.17) is 18.9 Å². The number of carbonyl (C=O) groups is 4. The number of rotatable bonds is 23. The number of likely N-dealkylation sites (N-methyl/N-ethyl adjacent to an activating group) is 1. The van der Waals surface area contributed by atoms with Crippen molar-refractivity contribution < 1.29 is 66.6 Å². The molecule has 0 heterocycles. The highest BCUT2D eigenvalue weighted by atomic mass is 127. The van der Waals surface area contributed by atoms with Crippen LogP contribution in [0, 0.1) is 0 Å². The quantitative estimate of drug-likeness (QED) is 0.0542. The molecular formula is C29H56IN3O8. The monoisotopic (exact) mass is 701 g/mol. The lowest BCUT2D eigenvalue weighted by atomic mass is 10.0. The van der Waals surface area contributed by atoms with Crippen LogP contribution in [0.1, 0.15) is 97.8 Å². The predicted octanol–water partition coefficient (Wildman–Crippen LogP) is 1.71. The molecule has 2 atom stereocenters. The number of halogens is 1. The van der Waals surface area contributed by atoms with E-state index in [0.717, 1.165) is 19.3 Å². The van der Waals surface area contributed by atoms with Crippen molar-refractivity contribution >= 4 is 24.1 Å². The summed E-state index contributed by atoms with van der Waals surface area (Å²) in [6.07, 6.45) is 7.06. The number of hydrogen-bond acceptors (Lipinski definition) is 8. The summed E-state index contributed by atoms with van der Waals surface area (Å²) in [7, 11) is 5.94. The molecule has 0 rings (SSSR count). The SMILES string of the molecule is CCCCCCCCCC(OC(=O)NCCCC(=O)OCC)C(C[N+](C)(C)C)OC(=O)NCCCC(=O)OCC.[I-]. The summed E-state index contributed by atoms with van der Waals surface area (Å²) < 4.78 is 21.9. The lowest BCUT2D eigenvalue weighted by Crippen LogP contribution is -3.00. The highest BCUT2D eigenvalue weighted by molar-refractivity contribution is 5.70. The molecule has 0 fully saturated rings. The summed E-state index contributed by atoms with van der Waals surface area (Å²) in [6, 6.07) is 0. The van der Waals surface area contributed by atoms with Gasteiger partial charge < -0.3 is 58.0 Å². The van der Waals surface area contributed by atoms with E-state index in [1.165, 1.54) is 25.7 Å². The van der Waals surface area contributed by atoms with Crippen molar-refractivity contribution in [3.05, 3.63) is 0 Å². The molecule has 242 valence electrons. The van der Waals surface area contributed by atoms with Crippen LogP contribution in [0.5, 0.6) is 0 Å². The summed E-state index contributed by atoms with van der Waals surface area (Å²) in [5.41, 5.74) is 0. The molecule has 11 nitrogen and oxygen atoms in total. The number of carbonyl (C=O) groups excluding carboxylic acids is 4. The second-order valence-electron chi connectivity index (χ2n) is 10.9. The third-order valence-electron chi connectivity index (χ3n) is 6.02. The largest absolute Gasteiger partial charge is 1.00 e.